The van der Waals surface area contributed by atoms with Gasteiger partial charge in [0.05, 0.1) is 6.54 Å². The third-order valence-corrected chi connectivity index (χ3v) is 2.83. The summed E-state index contributed by atoms with van der Waals surface area (Å²) in [6.45, 7) is 2.00. The molecule has 2 aromatic rings. The molecule has 16 heavy (non-hydrogen) atoms. The second kappa shape index (κ2) is 4.66. The Bertz CT molecular complexity index is 443. The fourth-order valence-electron chi connectivity index (χ4n) is 2.09. The summed E-state index contributed by atoms with van der Waals surface area (Å²) in [5, 5.41) is 4.57. The van der Waals surface area contributed by atoms with Crippen LogP contribution in [-0.4, -0.2) is 9.78 Å². The van der Waals surface area contributed by atoms with Crippen LogP contribution < -0.4 is 17.0 Å². The number of halogens is 1. The van der Waals surface area contributed by atoms with Crippen molar-refractivity contribution in [3.05, 3.63) is 48.0 Å². The standard InChI is InChI=1S/C12H14N3.ClH/c1-2-5-11(6-3-1)9-15-10-14-8-4-7-12(14)13-15;/h1-3,5-6,10H,4,7-9H2;1H/q+1;/p-1. The van der Waals surface area contributed by atoms with Crippen LogP contribution >= 0.6 is 0 Å². The molecule has 1 aliphatic rings. The molecule has 0 unspecified atom stereocenters. The van der Waals surface area contributed by atoms with Crippen molar-refractivity contribution >= 4 is 0 Å². The van der Waals surface area contributed by atoms with E-state index in [-0.39, 0.29) is 12.4 Å². The molecule has 0 spiro atoms. The highest BCUT2D eigenvalue weighted by Crippen LogP contribution is 2.05. The summed E-state index contributed by atoms with van der Waals surface area (Å²) >= 11 is 0. The monoisotopic (exact) mass is 235 g/mol. The number of fused-ring (bicyclic) bond motifs is 1. The summed E-state index contributed by atoms with van der Waals surface area (Å²) in [7, 11) is 0. The molecular weight excluding hydrogens is 222 g/mol. The molecule has 2 heterocycles. The molecule has 0 radical (unpaired) electrons. The van der Waals surface area contributed by atoms with Gasteiger partial charge in [0.15, 0.2) is 0 Å². The molecule has 3 nitrogen and oxygen atoms in total. The number of hydrogen-bond donors (Lipinski definition) is 0. The molecule has 1 aromatic carbocycles. The molecule has 0 saturated carbocycles. The molecule has 0 amide bonds. The van der Waals surface area contributed by atoms with E-state index in [0.717, 1.165) is 19.5 Å². The van der Waals surface area contributed by atoms with E-state index in [2.05, 4.69) is 40.3 Å². The first-order valence-electron chi connectivity index (χ1n) is 5.41. The maximum atomic E-state index is 4.57. The van der Waals surface area contributed by atoms with Crippen LogP contribution in [0.5, 0.6) is 0 Å². The van der Waals surface area contributed by atoms with E-state index in [0.29, 0.717) is 0 Å². The van der Waals surface area contributed by atoms with Crippen molar-refractivity contribution in [1.82, 2.24) is 9.78 Å². The van der Waals surface area contributed by atoms with Crippen molar-refractivity contribution in [3.63, 3.8) is 0 Å². The lowest BCUT2D eigenvalue weighted by Crippen LogP contribution is -3.00. The van der Waals surface area contributed by atoms with E-state index in [1.807, 2.05) is 10.7 Å². The van der Waals surface area contributed by atoms with Crippen molar-refractivity contribution in [2.45, 2.75) is 25.9 Å². The molecule has 0 bridgehead atoms. The predicted octanol–water partition coefficient (Wildman–Crippen LogP) is -1.83. The van der Waals surface area contributed by atoms with Gasteiger partial charge in [-0.3, -0.25) is 0 Å². The first-order chi connectivity index (χ1) is 7.42. The largest absolute Gasteiger partial charge is 1.00 e. The van der Waals surface area contributed by atoms with Crippen LogP contribution in [0.15, 0.2) is 36.7 Å². The summed E-state index contributed by atoms with van der Waals surface area (Å²) in [5.41, 5.74) is 1.30. The summed E-state index contributed by atoms with van der Waals surface area (Å²) < 4.78 is 4.28. The van der Waals surface area contributed by atoms with Gasteiger partial charge in [-0.2, -0.15) is 0 Å². The summed E-state index contributed by atoms with van der Waals surface area (Å²) in [6.07, 6.45) is 4.49. The van der Waals surface area contributed by atoms with Crippen LogP contribution in [-0.2, 0) is 19.5 Å². The quantitative estimate of drug-likeness (QED) is 0.562. The van der Waals surface area contributed by atoms with Gasteiger partial charge in [-0.25, -0.2) is 4.57 Å². The highest BCUT2D eigenvalue weighted by molar-refractivity contribution is 5.14. The summed E-state index contributed by atoms with van der Waals surface area (Å²) in [4.78, 5) is 0. The Morgan fingerprint density at radius 2 is 2.06 bits per heavy atom. The van der Waals surface area contributed by atoms with Gasteiger partial charge < -0.3 is 12.4 Å². The van der Waals surface area contributed by atoms with E-state index < -0.39 is 0 Å². The molecule has 1 aromatic heterocycles. The van der Waals surface area contributed by atoms with Crippen LogP contribution in [0.1, 0.15) is 17.8 Å². The van der Waals surface area contributed by atoms with Crippen LogP contribution in [0.3, 0.4) is 0 Å². The van der Waals surface area contributed by atoms with E-state index in [1.54, 1.807) is 0 Å². The highest BCUT2D eigenvalue weighted by Gasteiger charge is 2.21. The normalized spacial score (nSPS) is 13.2. The molecule has 3 rings (SSSR count). The van der Waals surface area contributed by atoms with Gasteiger partial charge in [-0.1, -0.05) is 30.3 Å². The Morgan fingerprint density at radius 1 is 1.25 bits per heavy atom. The Kier molecular flexibility index (Phi) is 3.25. The minimum Gasteiger partial charge on any atom is -1.00 e. The van der Waals surface area contributed by atoms with Crippen molar-refractivity contribution in [3.8, 4) is 0 Å². The van der Waals surface area contributed by atoms with Crippen LogP contribution in [0.25, 0.3) is 0 Å². The zero-order valence-electron chi connectivity index (χ0n) is 9.01. The van der Waals surface area contributed by atoms with Gasteiger partial charge >= 0.3 is 0 Å². The lowest BCUT2D eigenvalue weighted by Gasteiger charge is -1.94. The zero-order valence-corrected chi connectivity index (χ0v) is 9.77. The van der Waals surface area contributed by atoms with Gasteiger partial charge in [0.1, 0.15) is 6.54 Å². The van der Waals surface area contributed by atoms with Gasteiger partial charge in [-0.15, -0.1) is 4.68 Å². The van der Waals surface area contributed by atoms with Crippen molar-refractivity contribution in [2.75, 3.05) is 0 Å². The smallest absolute Gasteiger partial charge is 0.277 e. The van der Waals surface area contributed by atoms with Crippen molar-refractivity contribution in [1.29, 1.82) is 0 Å². The Balaban J connectivity index is 0.000000963. The molecule has 84 valence electrons. The van der Waals surface area contributed by atoms with Crippen LogP contribution in [0, 0.1) is 0 Å². The first kappa shape index (κ1) is 11.1. The van der Waals surface area contributed by atoms with Gasteiger partial charge in [0.2, 0.25) is 6.33 Å². The molecule has 0 N–H and O–H groups in total. The van der Waals surface area contributed by atoms with Gasteiger partial charge in [-0.05, 0) is 12.0 Å². The maximum Gasteiger partial charge on any atom is 0.277 e. The maximum absolute atomic E-state index is 4.57. The molecule has 0 atom stereocenters. The number of aromatic nitrogens is 3. The third-order valence-electron chi connectivity index (χ3n) is 2.83. The lowest BCUT2D eigenvalue weighted by molar-refractivity contribution is -0.691. The van der Waals surface area contributed by atoms with Crippen LogP contribution in [0.2, 0.25) is 0 Å². The highest BCUT2D eigenvalue weighted by atomic mass is 35.5. The molecule has 0 fully saturated rings. The molecular formula is C12H14ClN3. The minimum absolute atomic E-state index is 0. The van der Waals surface area contributed by atoms with Crippen molar-refractivity contribution < 1.29 is 17.0 Å². The first-order valence-corrected chi connectivity index (χ1v) is 5.41. The van der Waals surface area contributed by atoms with E-state index in [4.69, 9.17) is 0 Å². The number of nitrogens with zero attached hydrogens (tertiary/aromatic N) is 3. The second-order valence-electron chi connectivity index (χ2n) is 4.01. The second-order valence-corrected chi connectivity index (χ2v) is 4.01. The summed E-state index contributed by atoms with van der Waals surface area (Å²) in [5.74, 6) is 1.23. The average molecular weight is 236 g/mol. The number of hydrogen-bond acceptors (Lipinski definition) is 1. The third kappa shape index (κ3) is 2.09. The van der Waals surface area contributed by atoms with Crippen LogP contribution in [0.4, 0.5) is 0 Å². The zero-order chi connectivity index (χ0) is 10.1. The van der Waals surface area contributed by atoms with E-state index >= 15 is 0 Å². The SMILES string of the molecule is [Cl-].c1ccc(Cn2c[n+]3c(n2)CCC3)cc1. The van der Waals surface area contributed by atoms with Gasteiger partial charge in [0.25, 0.3) is 5.82 Å². The Morgan fingerprint density at radius 3 is 2.81 bits per heavy atom. The summed E-state index contributed by atoms with van der Waals surface area (Å²) in [6, 6.07) is 10.5. The topological polar surface area (TPSA) is 21.7 Å². The molecule has 4 heteroatoms. The Labute approximate surface area is 101 Å². The average Bonchev–Trinajstić information content (AvgIpc) is 2.79. The lowest BCUT2D eigenvalue weighted by atomic mass is 10.2. The predicted molar refractivity (Wildman–Crippen MR) is 56.3 cm³/mol. The van der Waals surface area contributed by atoms with Gasteiger partial charge in [0, 0.05) is 11.5 Å². The number of aryl methyl sites for hydroxylation is 2. The Hall–Kier alpha value is -1.35. The molecule has 0 saturated heterocycles. The number of benzene rings is 1. The minimum atomic E-state index is 0. The fourth-order valence-corrected chi connectivity index (χ4v) is 2.09. The van der Waals surface area contributed by atoms with E-state index in [9.17, 15) is 0 Å². The molecule has 1 aliphatic heterocycles. The fraction of sp³-hybridized carbons (Fsp3) is 0.333. The van der Waals surface area contributed by atoms with E-state index in [1.165, 1.54) is 17.8 Å². The van der Waals surface area contributed by atoms with Crippen molar-refractivity contribution in [2.24, 2.45) is 0 Å². The molecule has 0 aliphatic carbocycles. The number of rotatable bonds is 2.